The van der Waals surface area contributed by atoms with Crippen LogP contribution in [0.2, 0.25) is 0 Å². The van der Waals surface area contributed by atoms with Crippen LogP contribution in [0.4, 0.5) is 0 Å². The number of fused-ring (bicyclic) bond motifs is 2. The molecular weight excluding hydrogens is 554 g/mol. The maximum atomic E-state index is 13.8. The van der Waals surface area contributed by atoms with Gasteiger partial charge in [-0.05, 0) is 45.4 Å². The van der Waals surface area contributed by atoms with Gasteiger partial charge in [0.15, 0.2) is 5.01 Å². The number of carbonyl (C=O) groups excluding carboxylic acids is 4. The first-order chi connectivity index (χ1) is 19.9. The van der Waals surface area contributed by atoms with Crippen molar-refractivity contribution in [3.63, 3.8) is 0 Å². The Morgan fingerprint density at radius 1 is 1.02 bits per heavy atom. The van der Waals surface area contributed by atoms with Gasteiger partial charge >= 0.3 is 0 Å². The lowest BCUT2D eigenvalue weighted by Gasteiger charge is -2.37. The Morgan fingerprint density at radius 3 is 2.48 bits per heavy atom. The quantitative estimate of drug-likeness (QED) is 0.403. The first-order valence-electron chi connectivity index (χ1n) is 14.3. The molecule has 4 amide bonds. The molecule has 11 nitrogen and oxygen atoms in total. The van der Waals surface area contributed by atoms with Crippen LogP contribution in [-0.2, 0) is 17.8 Å². The van der Waals surface area contributed by atoms with E-state index in [0.717, 1.165) is 35.6 Å². The molecule has 1 fully saturated rings. The zero-order valence-corrected chi connectivity index (χ0v) is 25.9. The highest BCUT2D eigenvalue weighted by atomic mass is 32.1. The largest absolute Gasteiger partial charge is 0.350 e. The molecule has 42 heavy (non-hydrogen) atoms. The van der Waals surface area contributed by atoms with Gasteiger partial charge in [-0.3, -0.25) is 19.2 Å². The average molecular weight is 594 g/mol. The van der Waals surface area contributed by atoms with E-state index in [-0.39, 0.29) is 29.3 Å². The lowest BCUT2D eigenvalue weighted by Crippen LogP contribution is -2.56. The lowest BCUT2D eigenvalue weighted by molar-refractivity contribution is -0.134. The normalized spacial score (nSPS) is 20.6. The smallest absolute Gasteiger partial charge is 0.280 e. The summed E-state index contributed by atoms with van der Waals surface area (Å²) in [4.78, 5) is 67.4. The van der Waals surface area contributed by atoms with Gasteiger partial charge < -0.3 is 30.3 Å². The van der Waals surface area contributed by atoms with Gasteiger partial charge in [-0.2, -0.15) is 0 Å². The minimum atomic E-state index is -0.493. The molecule has 0 unspecified atom stereocenters. The molecule has 3 atom stereocenters. The van der Waals surface area contributed by atoms with Crippen molar-refractivity contribution in [1.82, 2.24) is 35.3 Å². The average Bonchev–Trinajstić information content (AvgIpc) is 3.54. The predicted molar refractivity (Wildman–Crippen MR) is 162 cm³/mol. The number of rotatable bonds is 6. The van der Waals surface area contributed by atoms with Crippen LogP contribution in [0.1, 0.15) is 66.0 Å². The highest BCUT2D eigenvalue weighted by Crippen LogP contribution is 2.30. The monoisotopic (exact) mass is 593 g/mol. The van der Waals surface area contributed by atoms with E-state index in [4.69, 9.17) is 0 Å². The Bertz CT molecular complexity index is 1540. The van der Waals surface area contributed by atoms with E-state index in [2.05, 4.69) is 25.5 Å². The lowest BCUT2D eigenvalue weighted by atomic mass is 9.81. The van der Waals surface area contributed by atoms with Crippen LogP contribution < -0.4 is 10.6 Å². The fourth-order valence-corrected chi connectivity index (χ4v) is 7.00. The number of H-pyrrole nitrogens is 1. The van der Waals surface area contributed by atoms with E-state index in [9.17, 15) is 19.2 Å². The molecule has 3 heterocycles. The van der Waals surface area contributed by atoms with Gasteiger partial charge in [-0.25, -0.2) is 4.98 Å². The molecule has 2 aliphatic rings. The second-order valence-electron chi connectivity index (χ2n) is 11.9. The maximum Gasteiger partial charge on any atom is 0.280 e. The molecule has 1 aliphatic carbocycles. The van der Waals surface area contributed by atoms with Gasteiger partial charge in [0, 0.05) is 75.4 Å². The first kappa shape index (κ1) is 29.7. The molecule has 1 aliphatic heterocycles. The molecule has 0 saturated heterocycles. The SMILES string of the molecule is Cc1ccc2[nH]c(C(=O)N[C@H]3CC[C@H](C(=O)N(C)C)C[C@H]3NC(=O)c3nc4c(s3)CN(C)CC4)c(C(=O)N(C)C)c2c1. The standard InChI is InChI=1S/C30H39N7O4S/c1-16-7-9-19-18(13-16)24(30(41)36(4)5)25(31-19)26(38)32-20-10-8-17(29(40)35(2)3)14-22(20)33-27(39)28-34-21-11-12-37(6)15-23(21)42-28/h7,9,13,17,20,22,31H,8,10-12,14-15H2,1-6H3,(H,32,38)(H,33,39)/t17-,20-,22+/m0/s1. The summed E-state index contributed by atoms with van der Waals surface area (Å²) >= 11 is 1.40. The van der Waals surface area contributed by atoms with Gasteiger partial charge in [0.25, 0.3) is 17.7 Å². The van der Waals surface area contributed by atoms with Crippen molar-refractivity contribution in [2.75, 3.05) is 41.8 Å². The number of likely N-dealkylation sites (N-methyl/N-ethyl adjacent to an activating group) is 1. The molecule has 0 spiro atoms. The minimum Gasteiger partial charge on any atom is -0.350 e. The van der Waals surface area contributed by atoms with Gasteiger partial charge in [0.1, 0.15) is 5.69 Å². The fourth-order valence-electron chi connectivity index (χ4n) is 5.91. The summed E-state index contributed by atoms with van der Waals surface area (Å²) in [5, 5.41) is 7.27. The highest BCUT2D eigenvalue weighted by molar-refractivity contribution is 7.13. The molecular formula is C30H39N7O4S. The van der Waals surface area contributed by atoms with Crippen molar-refractivity contribution < 1.29 is 19.2 Å². The number of nitrogens with zero attached hydrogens (tertiary/aromatic N) is 4. The summed E-state index contributed by atoms with van der Waals surface area (Å²) in [6.07, 6.45) is 2.25. The van der Waals surface area contributed by atoms with Crippen LogP contribution in [0, 0.1) is 12.8 Å². The number of aromatic nitrogens is 2. The van der Waals surface area contributed by atoms with Crippen LogP contribution in [-0.4, -0.2) is 102 Å². The molecule has 2 aromatic heterocycles. The van der Waals surface area contributed by atoms with Crippen LogP contribution in [0.3, 0.4) is 0 Å². The predicted octanol–water partition coefficient (Wildman–Crippen LogP) is 2.41. The number of hydrogen-bond donors (Lipinski definition) is 3. The Balaban J connectivity index is 1.41. The summed E-state index contributed by atoms with van der Waals surface area (Å²) in [7, 11) is 8.80. The molecule has 3 N–H and O–H groups in total. The molecule has 3 aromatic rings. The number of aryl methyl sites for hydroxylation is 1. The molecule has 1 aromatic carbocycles. The number of aromatic amines is 1. The summed E-state index contributed by atoms with van der Waals surface area (Å²) in [6, 6.07) is 4.75. The van der Waals surface area contributed by atoms with Gasteiger partial charge in [-0.15, -0.1) is 11.3 Å². The zero-order chi connectivity index (χ0) is 30.3. The van der Waals surface area contributed by atoms with E-state index >= 15 is 0 Å². The Labute approximate surface area is 249 Å². The molecule has 0 bridgehead atoms. The van der Waals surface area contributed by atoms with Gasteiger partial charge in [0.05, 0.1) is 17.3 Å². The number of nitrogens with one attached hydrogen (secondary N) is 3. The van der Waals surface area contributed by atoms with Crippen molar-refractivity contribution in [2.24, 2.45) is 5.92 Å². The second kappa shape index (κ2) is 11.8. The number of hydrogen-bond acceptors (Lipinski definition) is 7. The Hall–Kier alpha value is -3.77. The van der Waals surface area contributed by atoms with E-state index in [1.54, 1.807) is 33.1 Å². The number of carbonyl (C=O) groups is 4. The molecule has 12 heteroatoms. The van der Waals surface area contributed by atoms with Crippen LogP contribution in [0.15, 0.2) is 18.2 Å². The topological polar surface area (TPSA) is 131 Å². The van der Waals surface area contributed by atoms with Crippen LogP contribution in [0.25, 0.3) is 10.9 Å². The zero-order valence-electron chi connectivity index (χ0n) is 25.0. The van der Waals surface area contributed by atoms with Gasteiger partial charge in [0.2, 0.25) is 5.91 Å². The number of amides is 4. The molecule has 224 valence electrons. The van der Waals surface area contributed by atoms with E-state index in [1.807, 2.05) is 32.2 Å². The van der Waals surface area contributed by atoms with Crippen molar-refractivity contribution in [1.29, 1.82) is 0 Å². The Morgan fingerprint density at radius 2 is 1.76 bits per heavy atom. The molecule has 0 radical (unpaired) electrons. The van der Waals surface area contributed by atoms with Crippen LogP contribution in [0.5, 0.6) is 0 Å². The molecule has 5 rings (SSSR count). The Kier molecular flexibility index (Phi) is 8.38. The van der Waals surface area contributed by atoms with Crippen molar-refractivity contribution in [3.05, 3.63) is 50.6 Å². The van der Waals surface area contributed by atoms with E-state index in [0.29, 0.717) is 40.7 Å². The highest BCUT2D eigenvalue weighted by Gasteiger charge is 2.38. The van der Waals surface area contributed by atoms with E-state index < -0.39 is 18.0 Å². The van der Waals surface area contributed by atoms with Gasteiger partial charge in [-0.1, -0.05) is 11.6 Å². The summed E-state index contributed by atoms with van der Waals surface area (Å²) in [6.45, 7) is 3.60. The number of benzene rings is 1. The second-order valence-corrected chi connectivity index (χ2v) is 13.0. The van der Waals surface area contributed by atoms with Crippen molar-refractivity contribution in [2.45, 2.75) is 51.2 Å². The van der Waals surface area contributed by atoms with E-state index in [1.165, 1.54) is 16.2 Å². The fraction of sp³-hybridized carbons (Fsp3) is 0.500. The molecule has 1 saturated carbocycles. The van der Waals surface area contributed by atoms with Crippen molar-refractivity contribution in [3.8, 4) is 0 Å². The summed E-state index contributed by atoms with van der Waals surface area (Å²) < 4.78 is 0. The third-order valence-electron chi connectivity index (χ3n) is 8.19. The maximum absolute atomic E-state index is 13.8. The minimum absolute atomic E-state index is 0.00312. The summed E-state index contributed by atoms with van der Waals surface area (Å²) in [5.41, 5.74) is 3.13. The van der Waals surface area contributed by atoms with Crippen molar-refractivity contribution >= 4 is 45.9 Å². The number of thiazole rings is 1. The third-order valence-corrected chi connectivity index (χ3v) is 9.27. The van der Waals surface area contributed by atoms with Crippen LogP contribution >= 0.6 is 11.3 Å². The first-order valence-corrected chi connectivity index (χ1v) is 15.1. The summed E-state index contributed by atoms with van der Waals surface area (Å²) in [5.74, 6) is -1.29. The third kappa shape index (κ3) is 5.91.